The molecule has 0 spiro atoms. The molecule has 9 heteroatoms. The van der Waals surface area contributed by atoms with Gasteiger partial charge in [0.25, 0.3) is 0 Å². The van der Waals surface area contributed by atoms with Crippen molar-refractivity contribution in [1.82, 2.24) is 0 Å². The molecule has 0 bridgehead atoms. The van der Waals surface area contributed by atoms with E-state index in [9.17, 15) is 19.2 Å². The molecule has 3 aromatic rings. The predicted molar refractivity (Wildman–Crippen MR) is 130 cm³/mol. The summed E-state index contributed by atoms with van der Waals surface area (Å²) in [5, 5.41) is 13.5. The lowest BCUT2D eigenvalue weighted by Crippen LogP contribution is -2.19. The van der Waals surface area contributed by atoms with Crippen molar-refractivity contribution in [3.63, 3.8) is 0 Å². The molecular weight excluding hydrogens is 454 g/mol. The fourth-order valence-corrected chi connectivity index (χ4v) is 4.02. The number of primary amides is 1. The molecule has 1 atom stereocenters. The summed E-state index contributed by atoms with van der Waals surface area (Å²) in [4.78, 5) is 47.6. The largest absolute Gasteiger partial charge is 0.478 e. The van der Waals surface area contributed by atoms with Crippen molar-refractivity contribution >= 4 is 46.8 Å². The summed E-state index contributed by atoms with van der Waals surface area (Å²) in [7, 11) is 0. The number of benzene rings is 3. The van der Waals surface area contributed by atoms with Crippen LogP contribution in [0.1, 0.15) is 21.2 Å². The Bertz CT molecular complexity index is 1230. The maximum atomic E-state index is 13.2. The molecule has 34 heavy (non-hydrogen) atoms. The minimum Gasteiger partial charge on any atom is -0.478 e. The molecule has 1 unspecified atom stereocenters. The molecule has 5 N–H and O–H groups in total. The molecule has 0 radical (unpaired) electrons. The SMILES string of the molecule is NC(=O)c1ccc(NC(=O)C(Sc2cccc(NC(=O)/C=C/C(=O)O)c2)c2ccccc2)cc1. The second-order valence-corrected chi connectivity index (χ2v) is 8.21. The maximum absolute atomic E-state index is 13.2. The third-order valence-corrected chi connectivity index (χ3v) is 5.76. The van der Waals surface area contributed by atoms with Crippen LogP contribution in [0.15, 0.2) is 95.9 Å². The number of nitrogens with one attached hydrogen (secondary N) is 2. The van der Waals surface area contributed by atoms with Crippen LogP contribution in [0.3, 0.4) is 0 Å². The molecule has 8 nitrogen and oxygen atoms in total. The number of carboxylic acid groups (broad SMARTS) is 1. The van der Waals surface area contributed by atoms with Gasteiger partial charge in [-0.25, -0.2) is 4.79 Å². The first-order valence-corrected chi connectivity index (χ1v) is 10.9. The number of hydrogen-bond acceptors (Lipinski definition) is 5. The molecule has 172 valence electrons. The van der Waals surface area contributed by atoms with Crippen molar-refractivity contribution in [2.75, 3.05) is 10.6 Å². The second-order valence-electron chi connectivity index (χ2n) is 7.03. The highest BCUT2D eigenvalue weighted by Crippen LogP contribution is 2.37. The van der Waals surface area contributed by atoms with Crippen molar-refractivity contribution in [1.29, 1.82) is 0 Å². The van der Waals surface area contributed by atoms with E-state index in [1.165, 1.54) is 23.9 Å². The highest BCUT2D eigenvalue weighted by Gasteiger charge is 2.22. The zero-order chi connectivity index (χ0) is 24.5. The molecule has 0 aromatic heterocycles. The fourth-order valence-electron chi connectivity index (χ4n) is 2.94. The molecule has 0 aliphatic rings. The molecule has 3 aromatic carbocycles. The molecule has 0 fully saturated rings. The van der Waals surface area contributed by atoms with Crippen LogP contribution < -0.4 is 16.4 Å². The van der Waals surface area contributed by atoms with E-state index in [0.717, 1.165) is 17.7 Å². The molecule has 0 aliphatic heterocycles. The lowest BCUT2D eigenvalue weighted by atomic mass is 10.1. The highest BCUT2D eigenvalue weighted by molar-refractivity contribution is 8.00. The van der Waals surface area contributed by atoms with Crippen molar-refractivity contribution in [3.05, 3.63) is 102 Å². The first kappa shape index (κ1) is 24.3. The Balaban J connectivity index is 1.79. The van der Waals surface area contributed by atoms with Crippen LogP contribution in [-0.4, -0.2) is 28.8 Å². The third kappa shape index (κ3) is 7.07. The summed E-state index contributed by atoms with van der Waals surface area (Å²) >= 11 is 1.29. The van der Waals surface area contributed by atoms with Gasteiger partial charge in [0.05, 0.1) is 0 Å². The average molecular weight is 476 g/mol. The van der Waals surface area contributed by atoms with Gasteiger partial charge in [-0.15, -0.1) is 11.8 Å². The number of rotatable bonds is 9. The van der Waals surface area contributed by atoms with E-state index in [1.54, 1.807) is 36.4 Å². The Morgan fingerprint density at radius 1 is 0.824 bits per heavy atom. The fraction of sp³-hybridized carbons (Fsp3) is 0.0400. The summed E-state index contributed by atoms with van der Waals surface area (Å²) < 4.78 is 0. The standard InChI is InChI=1S/C25H21N3O5S/c26-24(32)17-9-11-18(12-10-17)28-25(33)23(16-5-2-1-3-6-16)34-20-8-4-7-19(15-20)27-21(29)13-14-22(30)31/h1-15,23H,(H2,26,32)(H,27,29)(H,28,33)(H,30,31)/b14-13+. The monoisotopic (exact) mass is 475 g/mol. The minimum atomic E-state index is -1.22. The third-order valence-electron chi connectivity index (χ3n) is 4.51. The van der Waals surface area contributed by atoms with Gasteiger partial charge in [0, 0.05) is 34.0 Å². The number of carbonyl (C=O) groups excluding carboxylic acids is 3. The van der Waals surface area contributed by atoms with E-state index in [2.05, 4.69) is 10.6 Å². The number of amides is 3. The van der Waals surface area contributed by atoms with Crippen molar-refractivity contribution in [2.45, 2.75) is 10.1 Å². The van der Waals surface area contributed by atoms with Crippen LogP contribution in [0.4, 0.5) is 11.4 Å². The Labute approximate surface area is 199 Å². The number of nitrogens with two attached hydrogens (primary N) is 1. The normalized spacial score (nSPS) is 11.5. The van der Waals surface area contributed by atoms with E-state index >= 15 is 0 Å². The molecule has 0 saturated carbocycles. The van der Waals surface area contributed by atoms with Gasteiger partial charge >= 0.3 is 5.97 Å². The molecular formula is C25H21N3O5S. The number of carbonyl (C=O) groups is 4. The topological polar surface area (TPSA) is 139 Å². The quantitative estimate of drug-likeness (QED) is 0.274. The van der Waals surface area contributed by atoms with Crippen LogP contribution in [0.5, 0.6) is 0 Å². The molecule has 0 saturated heterocycles. The van der Waals surface area contributed by atoms with Gasteiger partial charge in [0.1, 0.15) is 5.25 Å². The highest BCUT2D eigenvalue weighted by atomic mass is 32.2. The van der Waals surface area contributed by atoms with Crippen LogP contribution in [-0.2, 0) is 14.4 Å². The Kier molecular flexibility index (Phi) is 8.20. The summed E-state index contributed by atoms with van der Waals surface area (Å²) in [6.45, 7) is 0. The van der Waals surface area contributed by atoms with E-state index < -0.39 is 23.0 Å². The number of anilines is 2. The summed E-state index contributed by atoms with van der Waals surface area (Å²) in [5.74, 6) is -2.63. The van der Waals surface area contributed by atoms with Crippen LogP contribution in [0.25, 0.3) is 0 Å². The smallest absolute Gasteiger partial charge is 0.328 e. The van der Waals surface area contributed by atoms with Crippen LogP contribution in [0, 0.1) is 0 Å². The van der Waals surface area contributed by atoms with E-state index in [-0.39, 0.29) is 5.91 Å². The second kappa shape index (κ2) is 11.5. The van der Waals surface area contributed by atoms with E-state index in [1.807, 2.05) is 30.3 Å². The van der Waals surface area contributed by atoms with Gasteiger partial charge in [0.15, 0.2) is 0 Å². The number of hydrogen-bond donors (Lipinski definition) is 4. The Hall–Kier alpha value is -4.37. The van der Waals surface area contributed by atoms with Gasteiger partial charge in [-0.05, 0) is 48.0 Å². The van der Waals surface area contributed by atoms with Gasteiger partial charge in [-0.1, -0.05) is 36.4 Å². The summed E-state index contributed by atoms with van der Waals surface area (Å²) in [6.07, 6.45) is 1.67. The summed E-state index contributed by atoms with van der Waals surface area (Å²) in [5.41, 5.74) is 7.35. The first-order chi connectivity index (χ1) is 16.3. The molecule has 3 amide bonds. The van der Waals surface area contributed by atoms with Crippen molar-refractivity contribution in [3.8, 4) is 0 Å². The first-order valence-electron chi connectivity index (χ1n) is 10.1. The summed E-state index contributed by atoms with van der Waals surface area (Å²) in [6, 6.07) is 22.4. The zero-order valence-electron chi connectivity index (χ0n) is 17.8. The number of carboxylic acids is 1. The molecule has 0 aliphatic carbocycles. The van der Waals surface area contributed by atoms with Crippen molar-refractivity contribution in [2.24, 2.45) is 5.73 Å². The molecule has 3 rings (SSSR count). The van der Waals surface area contributed by atoms with Crippen LogP contribution >= 0.6 is 11.8 Å². The van der Waals surface area contributed by atoms with E-state index in [0.29, 0.717) is 21.8 Å². The lowest BCUT2D eigenvalue weighted by molar-refractivity contribution is -0.131. The Morgan fingerprint density at radius 2 is 1.53 bits per heavy atom. The van der Waals surface area contributed by atoms with Crippen molar-refractivity contribution < 1.29 is 24.3 Å². The zero-order valence-corrected chi connectivity index (χ0v) is 18.6. The lowest BCUT2D eigenvalue weighted by Gasteiger charge is -2.18. The van der Waals surface area contributed by atoms with Gasteiger partial charge in [-0.2, -0.15) is 0 Å². The van der Waals surface area contributed by atoms with Gasteiger partial charge < -0.3 is 21.5 Å². The Morgan fingerprint density at radius 3 is 2.18 bits per heavy atom. The number of thioether (sulfide) groups is 1. The average Bonchev–Trinajstić information content (AvgIpc) is 2.82. The van der Waals surface area contributed by atoms with E-state index in [4.69, 9.17) is 10.8 Å². The van der Waals surface area contributed by atoms with Gasteiger partial charge in [0.2, 0.25) is 17.7 Å². The van der Waals surface area contributed by atoms with Gasteiger partial charge in [-0.3, -0.25) is 14.4 Å². The predicted octanol–water partition coefficient (Wildman–Crippen LogP) is 3.84. The molecule has 0 heterocycles. The maximum Gasteiger partial charge on any atom is 0.328 e. The number of aliphatic carboxylic acids is 1. The van der Waals surface area contributed by atoms with Crippen LogP contribution in [0.2, 0.25) is 0 Å². The minimum absolute atomic E-state index is 0.276.